The third-order valence-corrected chi connectivity index (χ3v) is 4.91. The summed E-state index contributed by atoms with van der Waals surface area (Å²) >= 11 is 0. The van der Waals surface area contributed by atoms with Gasteiger partial charge in [-0.15, -0.1) is 0 Å². The number of rotatable bonds is 9. The van der Waals surface area contributed by atoms with E-state index in [-0.39, 0.29) is 0 Å². The molecule has 30 heavy (non-hydrogen) atoms. The van der Waals surface area contributed by atoms with E-state index in [1.165, 1.54) is 5.52 Å². The number of nitrogens with one attached hydrogen (secondary N) is 2. The third-order valence-electron chi connectivity index (χ3n) is 4.91. The second-order valence-corrected chi connectivity index (χ2v) is 6.92. The largest absolute Gasteiger partial charge is 0.493 e. The highest BCUT2D eigenvalue weighted by atomic mass is 16.5. The topological polar surface area (TPSA) is 72.7 Å². The molecule has 3 aromatic rings. The summed E-state index contributed by atoms with van der Waals surface area (Å²) in [5.74, 6) is 3.31. The number of hydrogen-bond acceptors (Lipinski definition) is 4. The quantitative estimate of drug-likeness (QED) is 0.321. The Hall–Kier alpha value is -3.22. The monoisotopic (exact) mass is 409 g/mol. The summed E-state index contributed by atoms with van der Waals surface area (Å²) < 4.78 is 13.3. The zero-order valence-electron chi connectivity index (χ0n) is 18.2. The lowest BCUT2D eigenvalue weighted by Gasteiger charge is -2.14. The van der Waals surface area contributed by atoms with Crippen LogP contribution >= 0.6 is 0 Å². The van der Waals surface area contributed by atoms with Crippen molar-refractivity contribution in [3.8, 4) is 11.5 Å². The summed E-state index contributed by atoms with van der Waals surface area (Å²) in [6, 6.07) is 14.2. The minimum atomic E-state index is 0.599. The van der Waals surface area contributed by atoms with Gasteiger partial charge in [0.25, 0.3) is 0 Å². The molecule has 0 aliphatic carbocycles. The van der Waals surface area contributed by atoms with Crippen molar-refractivity contribution in [3.63, 3.8) is 0 Å². The van der Waals surface area contributed by atoms with Crippen LogP contribution < -0.4 is 20.1 Å². The minimum absolute atomic E-state index is 0.599. The number of fused-ring (bicyclic) bond motifs is 1. The van der Waals surface area contributed by atoms with Gasteiger partial charge in [-0.1, -0.05) is 18.2 Å². The fourth-order valence-electron chi connectivity index (χ4n) is 3.43. The molecule has 0 aliphatic rings. The van der Waals surface area contributed by atoms with Gasteiger partial charge >= 0.3 is 0 Å². The molecule has 0 saturated heterocycles. The minimum Gasteiger partial charge on any atom is -0.493 e. The molecule has 0 aliphatic heterocycles. The first kappa shape index (κ1) is 21.5. The van der Waals surface area contributed by atoms with Crippen LogP contribution in [0.25, 0.3) is 11.0 Å². The number of guanidine groups is 1. The fourth-order valence-corrected chi connectivity index (χ4v) is 3.43. The molecule has 0 unspecified atom stereocenters. The molecule has 0 saturated carbocycles. The molecule has 7 nitrogen and oxygen atoms in total. The molecular formula is C23H31N5O2. The number of para-hydroxylation sites is 2. The smallest absolute Gasteiger partial charge is 0.191 e. The van der Waals surface area contributed by atoms with Crippen molar-refractivity contribution in [2.45, 2.75) is 33.4 Å². The maximum absolute atomic E-state index is 5.65. The molecule has 0 spiro atoms. The number of aliphatic imine (C=N–C) groups is 1. The van der Waals surface area contributed by atoms with Crippen molar-refractivity contribution in [2.24, 2.45) is 4.99 Å². The van der Waals surface area contributed by atoms with E-state index in [1.54, 1.807) is 14.2 Å². The summed E-state index contributed by atoms with van der Waals surface area (Å²) in [6.07, 6.45) is 0.971. The van der Waals surface area contributed by atoms with Gasteiger partial charge in [0, 0.05) is 26.7 Å². The summed E-state index contributed by atoms with van der Waals surface area (Å²) in [5, 5.41) is 6.73. The molecule has 0 amide bonds. The number of nitrogens with zero attached hydrogens (tertiary/aromatic N) is 3. The normalized spacial score (nSPS) is 11.5. The van der Waals surface area contributed by atoms with E-state index in [9.17, 15) is 0 Å². The second kappa shape index (κ2) is 10.5. The van der Waals surface area contributed by atoms with Crippen molar-refractivity contribution >= 4 is 17.0 Å². The lowest BCUT2D eigenvalue weighted by molar-refractivity contribution is 0.310. The maximum Gasteiger partial charge on any atom is 0.191 e. The Bertz CT molecular complexity index is 996. The first-order valence-corrected chi connectivity index (χ1v) is 10.3. The van der Waals surface area contributed by atoms with Gasteiger partial charge in [0.15, 0.2) is 17.5 Å². The zero-order valence-corrected chi connectivity index (χ0v) is 18.2. The van der Waals surface area contributed by atoms with E-state index in [2.05, 4.69) is 50.3 Å². The van der Waals surface area contributed by atoms with Gasteiger partial charge in [-0.05, 0) is 50.1 Å². The predicted molar refractivity (Wildman–Crippen MR) is 121 cm³/mol. The van der Waals surface area contributed by atoms with Gasteiger partial charge in [0.05, 0.1) is 24.8 Å². The van der Waals surface area contributed by atoms with Gasteiger partial charge in [-0.2, -0.15) is 0 Å². The van der Waals surface area contributed by atoms with E-state index >= 15 is 0 Å². The molecule has 0 radical (unpaired) electrons. The van der Waals surface area contributed by atoms with E-state index in [0.29, 0.717) is 13.2 Å². The lowest BCUT2D eigenvalue weighted by atomic mass is 10.2. The lowest BCUT2D eigenvalue weighted by Crippen LogP contribution is -2.37. The van der Waals surface area contributed by atoms with Gasteiger partial charge in [-0.3, -0.25) is 4.99 Å². The molecule has 1 aromatic heterocycles. The van der Waals surface area contributed by atoms with Crippen molar-refractivity contribution in [1.29, 1.82) is 0 Å². The van der Waals surface area contributed by atoms with Gasteiger partial charge in [-0.25, -0.2) is 4.98 Å². The summed E-state index contributed by atoms with van der Waals surface area (Å²) in [4.78, 5) is 8.94. The van der Waals surface area contributed by atoms with Crippen molar-refractivity contribution < 1.29 is 9.47 Å². The number of aryl methyl sites for hydroxylation is 2. The van der Waals surface area contributed by atoms with Gasteiger partial charge < -0.3 is 24.7 Å². The first-order chi connectivity index (χ1) is 14.7. The molecule has 0 atom stereocenters. The highest BCUT2D eigenvalue weighted by Gasteiger charge is 2.08. The molecular weight excluding hydrogens is 378 g/mol. The molecule has 0 bridgehead atoms. The highest BCUT2D eigenvalue weighted by molar-refractivity contribution is 5.79. The second-order valence-electron chi connectivity index (χ2n) is 6.92. The summed E-state index contributed by atoms with van der Waals surface area (Å²) in [5.41, 5.74) is 3.33. The molecule has 7 heteroatoms. The average molecular weight is 410 g/mol. The zero-order chi connectivity index (χ0) is 21.3. The Morgan fingerprint density at radius 3 is 2.73 bits per heavy atom. The number of imidazole rings is 1. The third kappa shape index (κ3) is 5.23. The van der Waals surface area contributed by atoms with Crippen molar-refractivity contribution in [3.05, 3.63) is 53.9 Å². The van der Waals surface area contributed by atoms with Crippen LogP contribution in [0, 0.1) is 6.92 Å². The number of ether oxygens (including phenoxy) is 2. The SMILES string of the molecule is CCOc1cc(CNC(=NC)NCCCn2c(C)nc3ccccc32)ccc1OC. The van der Waals surface area contributed by atoms with E-state index < -0.39 is 0 Å². The summed E-state index contributed by atoms with van der Waals surface area (Å²) in [7, 11) is 3.43. The molecule has 1 heterocycles. The maximum atomic E-state index is 5.65. The highest BCUT2D eigenvalue weighted by Crippen LogP contribution is 2.27. The van der Waals surface area contributed by atoms with Crippen LogP contribution in [0.5, 0.6) is 11.5 Å². The van der Waals surface area contributed by atoms with Crippen LogP contribution in [0.2, 0.25) is 0 Å². The van der Waals surface area contributed by atoms with Crippen LogP contribution in [0.3, 0.4) is 0 Å². The Morgan fingerprint density at radius 1 is 1.13 bits per heavy atom. The van der Waals surface area contributed by atoms with Gasteiger partial charge in [0.1, 0.15) is 5.82 Å². The van der Waals surface area contributed by atoms with E-state index in [1.807, 2.05) is 31.2 Å². The molecule has 160 valence electrons. The fraction of sp³-hybridized carbons (Fsp3) is 0.391. The van der Waals surface area contributed by atoms with E-state index in [4.69, 9.17) is 9.47 Å². The van der Waals surface area contributed by atoms with Crippen LogP contribution in [-0.2, 0) is 13.1 Å². The van der Waals surface area contributed by atoms with Gasteiger partial charge in [0.2, 0.25) is 0 Å². The number of aromatic nitrogens is 2. The molecule has 3 rings (SSSR count). The van der Waals surface area contributed by atoms with Crippen molar-refractivity contribution in [2.75, 3.05) is 27.3 Å². The standard InChI is InChI=1S/C23H31N5O2/c1-5-30-22-15-18(11-12-21(22)29-4)16-26-23(24-3)25-13-8-14-28-17(2)27-19-9-6-7-10-20(19)28/h6-7,9-12,15H,5,8,13-14,16H2,1-4H3,(H2,24,25,26). The molecule has 2 aromatic carbocycles. The molecule has 0 fully saturated rings. The van der Waals surface area contributed by atoms with Crippen molar-refractivity contribution in [1.82, 2.24) is 20.2 Å². The Labute approximate surface area is 178 Å². The summed E-state index contributed by atoms with van der Waals surface area (Å²) in [6.45, 7) is 6.99. The predicted octanol–water partition coefficient (Wildman–Crippen LogP) is 3.51. The van der Waals surface area contributed by atoms with Crippen LogP contribution in [0.1, 0.15) is 24.7 Å². The van der Waals surface area contributed by atoms with Crippen LogP contribution in [0.4, 0.5) is 0 Å². The van der Waals surface area contributed by atoms with Crippen LogP contribution in [0.15, 0.2) is 47.5 Å². The average Bonchev–Trinajstić information content (AvgIpc) is 3.08. The van der Waals surface area contributed by atoms with Crippen LogP contribution in [-0.4, -0.2) is 42.8 Å². The number of hydrogen-bond donors (Lipinski definition) is 2. The van der Waals surface area contributed by atoms with E-state index in [0.717, 1.165) is 53.9 Å². The Morgan fingerprint density at radius 2 is 1.97 bits per heavy atom. The Kier molecular flexibility index (Phi) is 7.54. The molecule has 2 N–H and O–H groups in total. The Balaban J connectivity index is 1.49. The number of methoxy groups -OCH3 is 1. The first-order valence-electron chi connectivity index (χ1n) is 10.3. The number of benzene rings is 2.